The Morgan fingerprint density at radius 3 is 2.96 bits per heavy atom. The van der Waals surface area contributed by atoms with Crippen LogP contribution in [0.2, 0.25) is 0 Å². The molecule has 2 aromatic heterocycles. The molecule has 9 heteroatoms. The Morgan fingerprint density at radius 1 is 1.42 bits per heavy atom. The minimum atomic E-state index is -1.13. The van der Waals surface area contributed by atoms with E-state index < -0.39 is 11.2 Å². The fourth-order valence-corrected chi connectivity index (χ4v) is 3.05. The summed E-state index contributed by atoms with van der Waals surface area (Å²) in [6, 6.07) is 7.31. The van der Waals surface area contributed by atoms with Crippen molar-refractivity contribution >= 4 is 28.9 Å². The molecular weight excluding hydrogens is 330 g/mol. The number of aromatic nitrogens is 5. The molecule has 3 aromatic rings. The molecule has 24 heavy (non-hydrogen) atoms. The summed E-state index contributed by atoms with van der Waals surface area (Å²) >= 11 is 1.09. The first kappa shape index (κ1) is 16.2. The molecule has 8 nitrogen and oxygen atoms in total. The lowest BCUT2D eigenvalue weighted by Crippen LogP contribution is -2.33. The molecule has 0 saturated carbocycles. The Hall–Kier alpha value is -2.68. The number of carboxylic acids is 1. The van der Waals surface area contributed by atoms with Crippen LogP contribution in [0.4, 0.5) is 0 Å². The molecular formula is C15H14N5O3S-. The van der Waals surface area contributed by atoms with Crippen molar-refractivity contribution in [3.05, 3.63) is 30.6 Å². The van der Waals surface area contributed by atoms with Gasteiger partial charge in [-0.25, -0.2) is 9.97 Å². The van der Waals surface area contributed by atoms with Gasteiger partial charge in [0.1, 0.15) is 17.1 Å². The van der Waals surface area contributed by atoms with Crippen molar-refractivity contribution in [2.75, 3.05) is 7.11 Å². The number of hydrogen-bond donors (Lipinski definition) is 0. The SMILES string of the molecule is CC[C@@H](Sc1ncnc2c1nnn2-c1cccc(OC)c1)C(=O)[O-]. The predicted octanol–water partition coefficient (Wildman–Crippen LogP) is 0.840. The lowest BCUT2D eigenvalue weighted by molar-refractivity contribution is -0.304. The summed E-state index contributed by atoms with van der Waals surface area (Å²) in [5.74, 6) is -0.447. The molecule has 124 valence electrons. The molecule has 2 heterocycles. The highest BCUT2D eigenvalue weighted by Crippen LogP contribution is 2.29. The van der Waals surface area contributed by atoms with E-state index in [4.69, 9.17) is 4.74 Å². The Bertz CT molecular complexity index is 882. The zero-order chi connectivity index (χ0) is 17.1. The number of carbonyl (C=O) groups excluding carboxylic acids is 1. The van der Waals surface area contributed by atoms with E-state index in [1.165, 1.54) is 6.33 Å². The lowest BCUT2D eigenvalue weighted by Gasteiger charge is -2.14. The van der Waals surface area contributed by atoms with Gasteiger partial charge in [-0.05, 0) is 18.6 Å². The van der Waals surface area contributed by atoms with Gasteiger partial charge in [-0.1, -0.05) is 30.0 Å². The minimum Gasteiger partial charge on any atom is -0.549 e. The molecule has 0 aliphatic rings. The van der Waals surface area contributed by atoms with Crippen LogP contribution in [0, 0.1) is 0 Å². The van der Waals surface area contributed by atoms with Gasteiger partial charge in [0.25, 0.3) is 0 Å². The number of methoxy groups -OCH3 is 1. The molecule has 0 N–H and O–H groups in total. The third-order valence-electron chi connectivity index (χ3n) is 3.39. The largest absolute Gasteiger partial charge is 0.549 e. The first-order valence-corrected chi connectivity index (χ1v) is 8.10. The second kappa shape index (κ2) is 6.83. The smallest absolute Gasteiger partial charge is 0.187 e. The van der Waals surface area contributed by atoms with Crippen LogP contribution in [0.25, 0.3) is 16.9 Å². The zero-order valence-corrected chi connectivity index (χ0v) is 13.9. The summed E-state index contributed by atoms with van der Waals surface area (Å²) < 4.78 is 6.77. The number of carboxylic acid groups (broad SMARTS) is 1. The number of hydrogen-bond acceptors (Lipinski definition) is 8. The molecule has 0 saturated heterocycles. The number of benzene rings is 1. The summed E-state index contributed by atoms with van der Waals surface area (Å²) in [5.41, 5.74) is 1.68. The number of fused-ring (bicyclic) bond motifs is 1. The quantitative estimate of drug-likeness (QED) is 0.478. The van der Waals surface area contributed by atoms with E-state index in [0.29, 0.717) is 28.4 Å². The first-order valence-electron chi connectivity index (χ1n) is 7.22. The van der Waals surface area contributed by atoms with Gasteiger partial charge in [-0.15, -0.1) is 5.10 Å². The molecule has 0 radical (unpaired) electrons. The summed E-state index contributed by atoms with van der Waals surface area (Å²) in [7, 11) is 1.58. The molecule has 0 unspecified atom stereocenters. The zero-order valence-electron chi connectivity index (χ0n) is 13.0. The van der Waals surface area contributed by atoms with Gasteiger partial charge >= 0.3 is 0 Å². The van der Waals surface area contributed by atoms with E-state index in [0.717, 1.165) is 17.4 Å². The topological polar surface area (TPSA) is 106 Å². The molecule has 0 fully saturated rings. The van der Waals surface area contributed by atoms with Crippen LogP contribution < -0.4 is 9.84 Å². The Morgan fingerprint density at radius 2 is 2.25 bits per heavy atom. The van der Waals surface area contributed by atoms with Crippen LogP contribution in [-0.4, -0.2) is 43.3 Å². The highest BCUT2D eigenvalue weighted by molar-refractivity contribution is 8.00. The maximum absolute atomic E-state index is 11.1. The number of carbonyl (C=O) groups is 1. The van der Waals surface area contributed by atoms with E-state index in [1.54, 1.807) is 24.8 Å². The van der Waals surface area contributed by atoms with Gasteiger partial charge in [0.2, 0.25) is 0 Å². The second-order valence-electron chi connectivity index (χ2n) is 4.89. The molecule has 3 rings (SSSR count). The van der Waals surface area contributed by atoms with Crippen LogP contribution in [0.3, 0.4) is 0 Å². The average Bonchev–Trinajstić information content (AvgIpc) is 3.04. The van der Waals surface area contributed by atoms with E-state index in [1.807, 2.05) is 18.2 Å². The Balaban J connectivity index is 2.04. The average molecular weight is 344 g/mol. The van der Waals surface area contributed by atoms with E-state index in [2.05, 4.69) is 20.3 Å². The highest BCUT2D eigenvalue weighted by atomic mass is 32.2. The van der Waals surface area contributed by atoms with Crippen molar-refractivity contribution in [3.63, 3.8) is 0 Å². The first-order chi connectivity index (χ1) is 11.6. The normalized spacial score (nSPS) is 12.2. The predicted molar refractivity (Wildman–Crippen MR) is 86.0 cm³/mol. The van der Waals surface area contributed by atoms with Gasteiger partial charge in [0, 0.05) is 6.07 Å². The number of rotatable bonds is 6. The summed E-state index contributed by atoms with van der Waals surface area (Å²) in [6.07, 6.45) is 1.79. The van der Waals surface area contributed by atoms with Crippen molar-refractivity contribution in [2.24, 2.45) is 0 Å². The van der Waals surface area contributed by atoms with Crippen LogP contribution in [-0.2, 0) is 4.79 Å². The number of ether oxygens (including phenoxy) is 1. The monoisotopic (exact) mass is 344 g/mol. The molecule has 0 amide bonds. The Labute approximate surface area is 141 Å². The maximum Gasteiger partial charge on any atom is 0.187 e. The maximum atomic E-state index is 11.1. The fourth-order valence-electron chi connectivity index (χ4n) is 2.16. The fraction of sp³-hybridized carbons (Fsp3) is 0.267. The molecule has 1 aromatic carbocycles. The van der Waals surface area contributed by atoms with Gasteiger partial charge in [-0.2, -0.15) is 4.68 Å². The molecule has 0 aliphatic carbocycles. The van der Waals surface area contributed by atoms with E-state index in [9.17, 15) is 9.90 Å². The third kappa shape index (κ3) is 3.02. The van der Waals surface area contributed by atoms with Crippen molar-refractivity contribution in [1.29, 1.82) is 0 Å². The molecule has 0 aliphatic heterocycles. The van der Waals surface area contributed by atoms with Crippen LogP contribution in [0.1, 0.15) is 13.3 Å². The number of thioether (sulfide) groups is 1. The van der Waals surface area contributed by atoms with Gasteiger partial charge in [-0.3, -0.25) is 0 Å². The van der Waals surface area contributed by atoms with E-state index in [-0.39, 0.29) is 0 Å². The van der Waals surface area contributed by atoms with Crippen molar-refractivity contribution in [3.8, 4) is 11.4 Å². The minimum absolute atomic E-state index is 0.419. The summed E-state index contributed by atoms with van der Waals surface area (Å²) in [5, 5.41) is 19.1. The van der Waals surface area contributed by atoms with Crippen LogP contribution >= 0.6 is 11.8 Å². The summed E-state index contributed by atoms with van der Waals surface area (Å²) in [4.78, 5) is 19.5. The number of aliphatic carboxylic acids is 1. The van der Waals surface area contributed by atoms with Crippen molar-refractivity contribution < 1.29 is 14.6 Å². The van der Waals surface area contributed by atoms with Gasteiger partial charge in [0.15, 0.2) is 11.2 Å². The van der Waals surface area contributed by atoms with Crippen molar-refractivity contribution in [2.45, 2.75) is 23.6 Å². The summed E-state index contributed by atoms with van der Waals surface area (Å²) in [6.45, 7) is 1.78. The second-order valence-corrected chi connectivity index (χ2v) is 6.08. The molecule has 1 atom stereocenters. The third-order valence-corrected chi connectivity index (χ3v) is 4.72. The van der Waals surface area contributed by atoms with Crippen molar-refractivity contribution in [1.82, 2.24) is 25.0 Å². The standard InChI is InChI=1S/C15H15N5O3S/c1-3-11(15(21)22)24-14-12-13(16-8-17-14)20(19-18-12)9-5-4-6-10(7-9)23-2/h4-8,11H,3H2,1-2H3,(H,21,22)/p-1/t11-/m1/s1. The van der Waals surface area contributed by atoms with Gasteiger partial charge in [0.05, 0.1) is 24.0 Å². The van der Waals surface area contributed by atoms with Crippen LogP contribution in [0.5, 0.6) is 5.75 Å². The highest BCUT2D eigenvalue weighted by Gasteiger charge is 2.17. The van der Waals surface area contributed by atoms with Gasteiger partial charge < -0.3 is 14.6 Å². The molecule has 0 spiro atoms. The number of nitrogens with zero attached hydrogens (tertiary/aromatic N) is 5. The Kier molecular flexibility index (Phi) is 4.61. The lowest BCUT2D eigenvalue weighted by atomic mass is 10.3. The molecule has 0 bridgehead atoms. The van der Waals surface area contributed by atoms with E-state index >= 15 is 0 Å². The van der Waals surface area contributed by atoms with Crippen LogP contribution in [0.15, 0.2) is 35.6 Å².